The summed E-state index contributed by atoms with van der Waals surface area (Å²) in [6, 6.07) is 2.76. The van der Waals surface area contributed by atoms with Gasteiger partial charge in [0.15, 0.2) is 11.5 Å². The van der Waals surface area contributed by atoms with Gasteiger partial charge < -0.3 is 19.9 Å². The number of carboxylic acids is 1. The van der Waals surface area contributed by atoms with Crippen molar-refractivity contribution in [2.45, 2.75) is 26.3 Å². The van der Waals surface area contributed by atoms with Gasteiger partial charge in [0.05, 0.1) is 17.7 Å². The zero-order valence-electron chi connectivity index (χ0n) is 12.2. The summed E-state index contributed by atoms with van der Waals surface area (Å²) >= 11 is 3.44. The Labute approximate surface area is 132 Å². The molecule has 1 atom stereocenters. The van der Waals surface area contributed by atoms with Gasteiger partial charge in [-0.25, -0.2) is 0 Å². The van der Waals surface area contributed by atoms with E-state index in [1.807, 2.05) is 13.8 Å². The molecule has 1 aromatic carbocycles. The van der Waals surface area contributed by atoms with Gasteiger partial charge in [-0.2, -0.15) is 0 Å². The molecule has 1 aromatic rings. The number of fused-ring (bicyclic) bond motifs is 1. The van der Waals surface area contributed by atoms with E-state index in [0.29, 0.717) is 42.7 Å². The second kappa shape index (κ2) is 7.13. The third-order valence-electron chi connectivity index (χ3n) is 3.14. The van der Waals surface area contributed by atoms with Crippen molar-refractivity contribution in [3.63, 3.8) is 0 Å². The molecule has 0 aromatic heterocycles. The molecule has 0 bridgehead atoms. The topological polar surface area (TPSA) is 67.8 Å². The molecule has 116 valence electrons. The Kier molecular flexibility index (Phi) is 5.47. The molecule has 5 nitrogen and oxygen atoms in total. The van der Waals surface area contributed by atoms with Crippen molar-refractivity contribution in [3.8, 4) is 11.5 Å². The molecule has 1 heterocycles. The summed E-state index contributed by atoms with van der Waals surface area (Å²) in [5.74, 6) is 0.700. The van der Waals surface area contributed by atoms with Gasteiger partial charge >= 0.3 is 5.97 Å². The summed E-state index contributed by atoms with van der Waals surface area (Å²) in [5, 5.41) is 12.5. The lowest BCUT2D eigenvalue weighted by Crippen LogP contribution is -2.31. The molecule has 0 fully saturated rings. The lowest BCUT2D eigenvalue weighted by atomic mass is 10.1. The maximum atomic E-state index is 11.5. The molecule has 1 aliphatic heterocycles. The van der Waals surface area contributed by atoms with Crippen LogP contribution in [0.15, 0.2) is 16.6 Å². The maximum absolute atomic E-state index is 11.5. The Morgan fingerprint density at radius 1 is 1.38 bits per heavy atom. The first-order valence-corrected chi connectivity index (χ1v) is 7.83. The third kappa shape index (κ3) is 4.11. The van der Waals surface area contributed by atoms with Crippen LogP contribution in [0.4, 0.5) is 0 Å². The molecular weight excluding hydrogens is 338 g/mol. The van der Waals surface area contributed by atoms with E-state index < -0.39 is 12.0 Å². The van der Waals surface area contributed by atoms with Crippen LogP contribution in [0.3, 0.4) is 0 Å². The Morgan fingerprint density at radius 3 is 2.76 bits per heavy atom. The number of hydrogen-bond donors (Lipinski definition) is 2. The number of carbonyl (C=O) groups is 1. The number of rotatable bonds is 5. The molecule has 0 amide bonds. The zero-order valence-corrected chi connectivity index (χ0v) is 13.8. The second-order valence-electron chi connectivity index (χ2n) is 5.45. The van der Waals surface area contributed by atoms with Crippen LogP contribution >= 0.6 is 15.9 Å². The molecule has 6 heteroatoms. The fraction of sp³-hybridized carbons (Fsp3) is 0.533. The Bertz CT molecular complexity index is 519. The second-order valence-corrected chi connectivity index (χ2v) is 6.31. The normalized spacial score (nSPS) is 15.6. The Morgan fingerprint density at radius 2 is 2.10 bits per heavy atom. The molecule has 0 saturated heterocycles. The lowest BCUT2D eigenvalue weighted by molar-refractivity contribution is -0.139. The Balaban J connectivity index is 2.30. The largest absolute Gasteiger partial charge is 0.490 e. The molecule has 21 heavy (non-hydrogen) atoms. The van der Waals surface area contributed by atoms with E-state index in [2.05, 4.69) is 21.2 Å². The number of hydrogen-bond acceptors (Lipinski definition) is 4. The summed E-state index contributed by atoms with van der Waals surface area (Å²) in [7, 11) is 0. The van der Waals surface area contributed by atoms with Crippen LogP contribution in [0, 0.1) is 5.92 Å². The summed E-state index contributed by atoms with van der Waals surface area (Å²) < 4.78 is 12.0. The molecular formula is C15H20BrNO4. The molecule has 1 aliphatic rings. The highest BCUT2D eigenvalue weighted by molar-refractivity contribution is 9.10. The summed E-state index contributed by atoms with van der Waals surface area (Å²) in [4.78, 5) is 11.5. The third-order valence-corrected chi connectivity index (χ3v) is 3.72. The van der Waals surface area contributed by atoms with E-state index in [1.54, 1.807) is 12.1 Å². The van der Waals surface area contributed by atoms with E-state index >= 15 is 0 Å². The quantitative estimate of drug-likeness (QED) is 0.847. The number of aliphatic carboxylic acids is 1. The number of halogens is 1. The smallest absolute Gasteiger partial charge is 0.325 e. The van der Waals surface area contributed by atoms with Crippen molar-refractivity contribution in [2.24, 2.45) is 5.92 Å². The van der Waals surface area contributed by atoms with Gasteiger partial charge in [-0.1, -0.05) is 13.8 Å². The van der Waals surface area contributed by atoms with Crippen LogP contribution in [-0.2, 0) is 4.79 Å². The molecule has 2 N–H and O–H groups in total. The van der Waals surface area contributed by atoms with Crippen LogP contribution in [0.2, 0.25) is 0 Å². The summed E-state index contributed by atoms with van der Waals surface area (Å²) in [6.07, 6.45) is 0.810. The average molecular weight is 358 g/mol. The van der Waals surface area contributed by atoms with Gasteiger partial charge in [0, 0.05) is 6.42 Å². The zero-order chi connectivity index (χ0) is 15.4. The van der Waals surface area contributed by atoms with Crippen molar-refractivity contribution in [1.82, 2.24) is 5.32 Å². The molecule has 1 unspecified atom stereocenters. The number of benzene rings is 1. The van der Waals surface area contributed by atoms with Crippen LogP contribution in [-0.4, -0.2) is 30.8 Å². The molecule has 0 saturated carbocycles. The first-order chi connectivity index (χ1) is 9.99. The standard InChI is InChI=1S/C15H20BrNO4/c1-9(2)8-17-13(15(18)19)10-6-11(16)14-12(7-10)20-4-3-5-21-14/h6-7,9,13,17H,3-5,8H2,1-2H3,(H,18,19). The highest BCUT2D eigenvalue weighted by atomic mass is 79.9. The average Bonchev–Trinajstić information content (AvgIpc) is 2.63. The minimum Gasteiger partial charge on any atom is -0.490 e. The molecule has 0 spiro atoms. The van der Waals surface area contributed by atoms with E-state index in [1.165, 1.54) is 0 Å². The lowest BCUT2D eigenvalue weighted by Gasteiger charge is -2.19. The predicted molar refractivity (Wildman–Crippen MR) is 83.0 cm³/mol. The van der Waals surface area contributed by atoms with Gasteiger partial charge in [-0.3, -0.25) is 4.79 Å². The van der Waals surface area contributed by atoms with E-state index in [0.717, 1.165) is 10.9 Å². The fourth-order valence-corrected chi connectivity index (χ4v) is 2.69. The van der Waals surface area contributed by atoms with Gasteiger partial charge in [-0.15, -0.1) is 0 Å². The number of carboxylic acid groups (broad SMARTS) is 1. The van der Waals surface area contributed by atoms with E-state index in [9.17, 15) is 9.90 Å². The minimum atomic E-state index is -0.906. The number of ether oxygens (including phenoxy) is 2. The SMILES string of the molecule is CC(C)CNC(C(=O)O)c1cc(Br)c2c(c1)OCCCO2. The first kappa shape index (κ1) is 16.1. The summed E-state index contributed by atoms with van der Waals surface area (Å²) in [6.45, 7) is 5.87. The van der Waals surface area contributed by atoms with Crippen LogP contribution < -0.4 is 14.8 Å². The van der Waals surface area contributed by atoms with Crippen molar-refractivity contribution in [1.29, 1.82) is 0 Å². The maximum Gasteiger partial charge on any atom is 0.325 e. The van der Waals surface area contributed by atoms with Crippen LogP contribution in [0.25, 0.3) is 0 Å². The first-order valence-electron chi connectivity index (χ1n) is 7.04. The van der Waals surface area contributed by atoms with Gasteiger partial charge in [0.25, 0.3) is 0 Å². The Hall–Kier alpha value is -1.27. The monoisotopic (exact) mass is 357 g/mol. The summed E-state index contributed by atoms with van der Waals surface area (Å²) in [5.41, 5.74) is 0.652. The minimum absolute atomic E-state index is 0.371. The van der Waals surface area contributed by atoms with Crippen molar-refractivity contribution in [2.75, 3.05) is 19.8 Å². The van der Waals surface area contributed by atoms with Crippen molar-refractivity contribution < 1.29 is 19.4 Å². The van der Waals surface area contributed by atoms with Gasteiger partial charge in [0.2, 0.25) is 0 Å². The van der Waals surface area contributed by atoms with Crippen LogP contribution in [0.5, 0.6) is 11.5 Å². The predicted octanol–water partition coefficient (Wildman–Crippen LogP) is 2.98. The van der Waals surface area contributed by atoms with E-state index in [-0.39, 0.29) is 0 Å². The number of nitrogens with one attached hydrogen (secondary N) is 1. The van der Waals surface area contributed by atoms with Crippen LogP contribution in [0.1, 0.15) is 31.9 Å². The highest BCUT2D eigenvalue weighted by Gasteiger charge is 2.24. The molecule has 2 rings (SSSR count). The van der Waals surface area contributed by atoms with E-state index in [4.69, 9.17) is 9.47 Å². The van der Waals surface area contributed by atoms with Gasteiger partial charge in [0.1, 0.15) is 6.04 Å². The highest BCUT2D eigenvalue weighted by Crippen LogP contribution is 2.39. The van der Waals surface area contributed by atoms with Gasteiger partial charge in [-0.05, 0) is 46.1 Å². The van der Waals surface area contributed by atoms with Crippen molar-refractivity contribution >= 4 is 21.9 Å². The fourth-order valence-electron chi connectivity index (χ4n) is 2.12. The molecule has 0 radical (unpaired) electrons. The van der Waals surface area contributed by atoms with Crippen molar-refractivity contribution in [3.05, 3.63) is 22.2 Å². The molecule has 0 aliphatic carbocycles.